The highest BCUT2D eigenvalue weighted by molar-refractivity contribution is 8.00. The Kier molecular flexibility index (Phi) is 6.84. The van der Waals surface area contributed by atoms with Crippen LogP contribution in [-0.4, -0.2) is 27.1 Å². The Bertz CT molecular complexity index is 1090. The number of amides is 1. The van der Waals surface area contributed by atoms with Crippen molar-refractivity contribution >= 4 is 50.7 Å². The van der Waals surface area contributed by atoms with Gasteiger partial charge in [-0.2, -0.15) is 0 Å². The quantitative estimate of drug-likeness (QED) is 0.524. The van der Waals surface area contributed by atoms with Crippen molar-refractivity contribution in [3.63, 3.8) is 0 Å². The monoisotopic (exact) mass is 446 g/mol. The summed E-state index contributed by atoms with van der Waals surface area (Å²) < 4.78 is 26.8. The van der Waals surface area contributed by atoms with Crippen molar-refractivity contribution in [3.05, 3.63) is 83.9 Å². The van der Waals surface area contributed by atoms with E-state index in [1.165, 1.54) is 23.1 Å². The van der Waals surface area contributed by atoms with Gasteiger partial charge in [0.25, 0.3) is 10.0 Å². The van der Waals surface area contributed by atoms with E-state index in [1.54, 1.807) is 72.8 Å². The van der Waals surface area contributed by atoms with Crippen molar-refractivity contribution in [2.75, 3.05) is 22.4 Å². The highest BCUT2D eigenvalue weighted by Crippen LogP contribution is 2.25. The molecule has 1 N–H and O–H groups in total. The highest BCUT2D eigenvalue weighted by Gasteiger charge is 2.21. The standard InChI is InChI=1S/C21H19ClN2O3S2/c1-24(18-8-3-2-4-9-18)29(26,27)20-12-10-19(11-13-20)28-15-21(25)23-17-7-5-6-16(22)14-17/h2-14H,15H2,1H3,(H,23,25). The van der Waals surface area contributed by atoms with Gasteiger partial charge in [-0.3, -0.25) is 9.10 Å². The molecule has 0 bridgehead atoms. The molecule has 0 spiro atoms. The third kappa shape index (κ3) is 5.53. The lowest BCUT2D eigenvalue weighted by molar-refractivity contribution is -0.113. The Balaban J connectivity index is 1.62. The van der Waals surface area contributed by atoms with Crippen molar-refractivity contribution in [1.82, 2.24) is 0 Å². The molecule has 3 aromatic carbocycles. The number of carbonyl (C=O) groups excluding carboxylic acids is 1. The molecule has 3 rings (SSSR count). The number of hydrogen-bond acceptors (Lipinski definition) is 4. The maximum atomic E-state index is 12.8. The van der Waals surface area contributed by atoms with E-state index in [0.717, 1.165) is 4.90 Å². The molecule has 1 amide bonds. The molecule has 0 aliphatic heterocycles. The number of halogens is 1. The summed E-state index contributed by atoms with van der Waals surface area (Å²) in [6, 6.07) is 22.3. The van der Waals surface area contributed by atoms with Gasteiger partial charge in [-0.05, 0) is 54.6 Å². The Morgan fingerprint density at radius 2 is 1.69 bits per heavy atom. The second kappa shape index (κ2) is 9.35. The Morgan fingerprint density at radius 1 is 1.00 bits per heavy atom. The second-order valence-electron chi connectivity index (χ2n) is 6.13. The molecule has 0 unspecified atom stereocenters. The first kappa shape index (κ1) is 21.2. The number of rotatable bonds is 7. The molecule has 3 aromatic rings. The van der Waals surface area contributed by atoms with E-state index in [2.05, 4.69) is 5.32 Å². The van der Waals surface area contributed by atoms with Gasteiger partial charge in [0.2, 0.25) is 5.91 Å². The van der Waals surface area contributed by atoms with Crippen LogP contribution in [0.2, 0.25) is 5.02 Å². The van der Waals surface area contributed by atoms with E-state index in [0.29, 0.717) is 16.4 Å². The summed E-state index contributed by atoms with van der Waals surface area (Å²) in [4.78, 5) is 13.1. The number of anilines is 2. The fourth-order valence-corrected chi connectivity index (χ4v) is 4.64. The third-order valence-electron chi connectivity index (χ3n) is 4.08. The number of thioether (sulfide) groups is 1. The zero-order chi connectivity index (χ0) is 20.9. The molecule has 0 saturated heterocycles. The topological polar surface area (TPSA) is 66.5 Å². The van der Waals surface area contributed by atoms with E-state index < -0.39 is 10.0 Å². The number of hydrogen-bond donors (Lipinski definition) is 1. The molecule has 8 heteroatoms. The van der Waals surface area contributed by atoms with Crippen LogP contribution in [0, 0.1) is 0 Å². The normalized spacial score (nSPS) is 11.1. The van der Waals surface area contributed by atoms with E-state index in [4.69, 9.17) is 11.6 Å². The Hall–Kier alpha value is -2.48. The molecule has 0 fully saturated rings. The highest BCUT2D eigenvalue weighted by atomic mass is 35.5. The van der Waals surface area contributed by atoms with Crippen LogP contribution in [0.1, 0.15) is 0 Å². The molecular formula is C21H19ClN2O3S2. The van der Waals surface area contributed by atoms with Crippen LogP contribution in [-0.2, 0) is 14.8 Å². The Morgan fingerprint density at radius 3 is 2.34 bits per heavy atom. The maximum absolute atomic E-state index is 12.8. The minimum Gasteiger partial charge on any atom is -0.325 e. The minimum absolute atomic E-state index is 0.169. The molecule has 150 valence electrons. The predicted molar refractivity (Wildman–Crippen MR) is 119 cm³/mol. The molecular weight excluding hydrogens is 428 g/mol. The van der Waals surface area contributed by atoms with Crippen LogP contribution in [0.3, 0.4) is 0 Å². The second-order valence-corrected chi connectivity index (χ2v) is 9.58. The average molecular weight is 447 g/mol. The molecule has 0 saturated carbocycles. The first-order chi connectivity index (χ1) is 13.9. The van der Waals surface area contributed by atoms with Gasteiger partial charge >= 0.3 is 0 Å². The van der Waals surface area contributed by atoms with Crippen molar-refractivity contribution in [2.45, 2.75) is 9.79 Å². The molecule has 0 radical (unpaired) electrons. The minimum atomic E-state index is -3.65. The van der Waals surface area contributed by atoms with Crippen molar-refractivity contribution in [1.29, 1.82) is 0 Å². The summed E-state index contributed by atoms with van der Waals surface area (Å²) in [6.45, 7) is 0. The maximum Gasteiger partial charge on any atom is 0.264 e. The molecule has 0 aliphatic carbocycles. The fourth-order valence-electron chi connectivity index (χ4n) is 2.55. The van der Waals surface area contributed by atoms with E-state index in [9.17, 15) is 13.2 Å². The number of sulfonamides is 1. The Labute approximate surface area is 179 Å². The number of nitrogens with zero attached hydrogens (tertiary/aromatic N) is 1. The number of benzene rings is 3. The van der Waals surface area contributed by atoms with Crippen molar-refractivity contribution in [3.8, 4) is 0 Å². The lowest BCUT2D eigenvalue weighted by Crippen LogP contribution is -2.26. The summed E-state index contributed by atoms with van der Waals surface area (Å²) in [5.74, 6) is 0.0282. The zero-order valence-electron chi connectivity index (χ0n) is 15.6. The first-order valence-electron chi connectivity index (χ1n) is 8.68. The van der Waals surface area contributed by atoms with E-state index in [1.807, 2.05) is 6.07 Å². The summed E-state index contributed by atoms with van der Waals surface area (Å²) >= 11 is 7.23. The predicted octanol–water partition coefficient (Wildman–Crippen LogP) is 4.90. The zero-order valence-corrected chi connectivity index (χ0v) is 18.0. The molecule has 29 heavy (non-hydrogen) atoms. The van der Waals surface area contributed by atoms with Gasteiger partial charge < -0.3 is 5.32 Å². The van der Waals surface area contributed by atoms with Crippen LogP contribution in [0.4, 0.5) is 11.4 Å². The van der Waals surface area contributed by atoms with E-state index >= 15 is 0 Å². The lowest BCUT2D eigenvalue weighted by Gasteiger charge is -2.19. The fraction of sp³-hybridized carbons (Fsp3) is 0.0952. The summed E-state index contributed by atoms with van der Waals surface area (Å²) in [5.41, 5.74) is 1.22. The van der Waals surface area contributed by atoms with Gasteiger partial charge in [0, 0.05) is 22.7 Å². The van der Waals surface area contributed by atoms with Gasteiger partial charge in [-0.1, -0.05) is 35.9 Å². The van der Waals surface area contributed by atoms with Gasteiger partial charge in [0.15, 0.2) is 0 Å². The largest absolute Gasteiger partial charge is 0.325 e. The van der Waals surface area contributed by atoms with E-state index in [-0.39, 0.29) is 16.6 Å². The first-order valence-corrected chi connectivity index (χ1v) is 11.5. The molecule has 0 heterocycles. The van der Waals surface area contributed by atoms with Crippen LogP contribution in [0.25, 0.3) is 0 Å². The van der Waals surface area contributed by atoms with Crippen LogP contribution in [0.15, 0.2) is 88.7 Å². The molecule has 0 atom stereocenters. The third-order valence-corrected chi connectivity index (χ3v) is 7.13. The molecule has 0 aromatic heterocycles. The number of carbonyl (C=O) groups is 1. The number of nitrogens with one attached hydrogen (secondary N) is 1. The number of para-hydroxylation sites is 1. The van der Waals surface area contributed by atoms with Crippen molar-refractivity contribution < 1.29 is 13.2 Å². The molecule has 5 nitrogen and oxygen atoms in total. The van der Waals surface area contributed by atoms with Crippen LogP contribution in [0.5, 0.6) is 0 Å². The van der Waals surface area contributed by atoms with Gasteiger partial charge in [0.05, 0.1) is 16.3 Å². The molecule has 0 aliphatic rings. The van der Waals surface area contributed by atoms with Crippen molar-refractivity contribution in [2.24, 2.45) is 0 Å². The van der Waals surface area contributed by atoms with Crippen LogP contribution < -0.4 is 9.62 Å². The summed E-state index contributed by atoms with van der Waals surface area (Å²) in [7, 11) is -2.13. The smallest absolute Gasteiger partial charge is 0.264 e. The van der Waals surface area contributed by atoms with Gasteiger partial charge in [0.1, 0.15) is 0 Å². The summed E-state index contributed by atoms with van der Waals surface area (Å²) in [5, 5.41) is 3.32. The summed E-state index contributed by atoms with van der Waals surface area (Å²) in [6.07, 6.45) is 0. The van der Waals surface area contributed by atoms with Crippen LogP contribution >= 0.6 is 23.4 Å². The SMILES string of the molecule is CN(c1ccccc1)S(=O)(=O)c1ccc(SCC(=O)Nc2cccc(Cl)c2)cc1. The van der Waals surface area contributed by atoms with Gasteiger partial charge in [-0.25, -0.2) is 8.42 Å². The average Bonchev–Trinajstić information content (AvgIpc) is 2.72. The lowest BCUT2D eigenvalue weighted by atomic mass is 10.3. The van der Waals surface area contributed by atoms with Gasteiger partial charge in [-0.15, -0.1) is 11.8 Å².